The summed E-state index contributed by atoms with van der Waals surface area (Å²) >= 11 is 0. The lowest BCUT2D eigenvalue weighted by molar-refractivity contribution is 0.152. The fourth-order valence-corrected chi connectivity index (χ4v) is 2.27. The summed E-state index contributed by atoms with van der Waals surface area (Å²) < 4.78 is 0. The van der Waals surface area contributed by atoms with Gasteiger partial charge in [-0.25, -0.2) is 0 Å². The molecule has 80 valence electrons. The first-order valence-electron chi connectivity index (χ1n) is 5.89. The molecule has 0 radical (unpaired) electrons. The molecule has 0 heteroatoms. The van der Waals surface area contributed by atoms with Crippen LogP contribution in [0.4, 0.5) is 0 Å². The maximum Gasteiger partial charge on any atom is -0.0323 e. The van der Waals surface area contributed by atoms with E-state index in [1.165, 1.54) is 32.1 Å². The summed E-state index contributed by atoms with van der Waals surface area (Å²) in [5, 5.41) is 0. The quantitative estimate of drug-likeness (QED) is 0.543. The van der Waals surface area contributed by atoms with Crippen LogP contribution in [0.3, 0.4) is 0 Å². The maximum atomic E-state index is 2.45. The second kappa shape index (κ2) is 5.02. The van der Waals surface area contributed by atoms with Gasteiger partial charge in [0, 0.05) is 0 Å². The van der Waals surface area contributed by atoms with Crippen LogP contribution in [-0.4, -0.2) is 0 Å². The first-order valence-corrected chi connectivity index (χ1v) is 5.89. The van der Waals surface area contributed by atoms with Crippen LogP contribution in [0, 0.1) is 10.8 Å². The lowest BCUT2D eigenvalue weighted by atomic mass is 9.69. The maximum absolute atomic E-state index is 2.45. The summed E-state index contributed by atoms with van der Waals surface area (Å²) in [5.41, 5.74) is 1.11. The highest BCUT2D eigenvalue weighted by Crippen LogP contribution is 2.41. The van der Waals surface area contributed by atoms with Gasteiger partial charge in [0.15, 0.2) is 0 Å². The standard InChI is InChI=1S/C13H28/c1-7-10-13(6,9-3)11-12(4,5)8-2/h7-11H2,1-6H3. The molecule has 0 saturated carbocycles. The summed E-state index contributed by atoms with van der Waals surface area (Å²) in [6, 6.07) is 0. The van der Waals surface area contributed by atoms with E-state index in [0.717, 1.165) is 0 Å². The van der Waals surface area contributed by atoms with Crippen molar-refractivity contribution in [1.82, 2.24) is 0 Å². The first-order chi connectivity index (χ1) is 5.89. The molecule has 0 nitrogen and oxygen atoms in total. The van der Waals surface area contributed by atoms with Crippen molar-refractivity contribution in [2.75, 3.05) is 0 Å². The summed E-state index contributed by atoms with van der Waals surface area (Å²) in [7, 11) is 0. The van der Waals surface area contributed by atoms with Crippen molar-refractivity contribution in [3.8, 4) is 0 Å². The van der Waals surface area contributed by atoms with E-state index in [1.807, 2.05) is 0 Å². The zero-order chi connectivity index (χ0) is 10.5. The largest absolute Gasteiger partial charge is 0.0654 e. The van der Waals surface area contributed by atoms with E-state index >= 15 is 0 Å². The summed E-state index contributed by atoms with van der Waals surface area (Å²) in [5.74, 6) is 0. The minimum Gasteiger partial charge on any atom is -0.0654 e. The molecule has 0 amide bonds. The van der Waals surface area contributed by atoms with Crippen molar-refractivity contribution in [1.29, 1.82) is 0 Å². The molecule has 0 aliphatic heterocycles. The van der Waals surface area contributed by atoms with Crippen molar-refractivity contribution in [3.63, 3.8) is 0 Å². The van der Waals surface area contributed by atoms with Gasteiger partial charge in [0.1, 0.15) is 0 Å². The third kappa shape index (κ3) is 4.69. The highest BCUT2D eigenvalue weighted by molar-refractivity contribution is 4.80. The lowest BCUT2D eigenvalue weighted by Crippen LogP contribution is -2.24. The van der Waals surface area contributed by atoms with E-state index in [2.05, 4.69) is 41.5 Å². The number of rotatable bonds is 6. The Morgan fingerprint density at radius 1 is 0.846 bits per heavy atom. The van der Waals surface area contributed by atoms with Gasteiger partial charge in [0.05, 0.1) is 0 Å². The average Bonchev–Trinajstić information content (AvgIpc) is 2.04. The summed E-state index contributed by atoms with van der Waals surface area (Å²) in [4.78, 5) is 0. The minimum absolute atomic E-state index is 0.528. The molecule has 0 aromatic rings. The van der Waals surface area contributed by atoms with Crippen LogP contribution in [0.15, 0.2) is 0 Å². The van der Waals surface area contributed by atoms with Gasteiger partial charge in [0.25, 0.3) is 0 Å². The van der Waals surface area contributed by atoms with Crippen molar-refractivity contribution >= 4 is 0 Å². The zero-order valence-electron chi connectivity index (χ0n) is 10.5. The smallest absolute Gasteiger partial charge is 0.0323 e. The Balaban J connectivity index is 4.25. The highest BCUT2D eigenvalue weighted by Gasteiger charge is 2.28. The SMILES string of the molecule is CCCC(C)(CC)CC(C)(C)CC. The zero-order valence-corrected chi connectivity index (χ0v) is 10.5. The van der Waals surface area contributed by atoms with Crippen LogP contribution in [0.5, 0.6) is 0 Å². The molecule has 0 bridgehead atoms. The van der Waals surface area contributed by atoms with Crippen molar-refractivity contribution in [3.05, 3.63) is 0 Å². The molecule has 0 heterocycles. The van der Waals surface area contributed by atoms with Gasteiger partial charge in [-0.15, -0.1) is 0 Å². The van der Waals surface area contributed by atoms with E-state index in [1.54, 1.807) is 0 Å². The topological polar surface area (TPSA) is 0 Å². The highest BCUT2D eigenvalue weighted by atomic mass is 14.3. The van der Waals surface area contributed by atoms with Gasteiger partial charge in [-0.1, -0.05) is 60.8 Å². The van der Waals surface area contributed by atoms with E-state index in [0.29, 0.717) is 10.8 Å². The molecule has 0 aromatic heterocycles. The molecule has 1 unspecified atom stereocenters. The Labute approximate surface area is 85.1 Å². The molecule has 13 heavy (non-hydrogen) atoms. The Kier molecular flexibility index (Phi) is 5.02. The Morgan fingerprint density at radius 2 is 1.38 bits per heavy atom. The van der Waals surface area contributed by atoms with E-state index in [-0.39, 0.29) is 0 Å². The fraction of sp³-hybridized carbons (Fsp3) is 1.00. The molecule has 0 spiro atoms. The Morgan fingerprint density at radius 3 is 1.69 bits per heavy atom. The molecule has 0 aliphatic rings. The second-order valence-corrected chi connectivity index (χ2v) is 5.61. The molecular weight excluding hydrogens is 156 g/mol. The minimum atomic E-state index is 0.528. The van der Waals surface area contributed by atoms with E-state index < -0.39 is 0 Å². The molecule has 0 aliphatic carbocycles. The predicted octanol–water partition coefficient (Wildman–Crippen LogP) is 5.03. The van der Waals surface area contributed by atoms with Gasteiger partial charge >= 0.3 is 0 Å². The van der Waals surface area contributed by atoms with Gasteiger partial charge in [-0.05, 0) is 23.7 Å². The molecule has 0 aromatic carbocycles. The third-order valence-corrected chi connectivity index (χ3v) is 3.57. The molecule has 1 atom stereocenters. The molecule has 0 N–H and O–H groups in total. The number of hydrogen-bond acceptors (Lipinski definition) is 0. The Bertz CT molecular complexity index is 135. The normalized spacial score (nSPS) is 17.1. The fourth-order valence-electron chi connectivity index (χ4n) is 2.27. The second-order valence-electron chi connectivity index (χ2n) is 5.61. The van der Waals surface area contributed by atoms with Crippen molar-refractivity contribution in [2.24, 2.45) is 10.8 Å². The Hall–Kier alpha value is 0. The summed E-state index contributed by atoms with van der Waals surface area (Å²) in [6.07, 6.45) is 6.70. The third-order valence-electron chi connectivity index (χ3n) is 3.57. The average molecular weight is 184 g/mol. The van der Waals surface area contributed by atoms with Crippen molar-refractivity contribution in [2.45, 2.75) is 73.6 Å². The molecule has 0 fully saturated rings. The monoisotopic (exact) mass is 184 g/mol. The van der Waals surface area contributed by atoms with Crippen LogP contribution >= 0.6 is 0 Å². The van der Waals surface area contributed by atoms with E-state index in [9.17, 15) is 0 Å². The molecule has 0 saturated heterocycles. The predicted molar refractivity (Wildman–Crippen MR) is 62.0 cm³/mol. The molecular formula is C13H28. The van der Waals surface area contributed by atoms with Gasteiger partial charge in [0.2, 0.25) is 0 Å². The summed E-state index contributed by atoms with van der Waals surface area (Å²) in [6.45, 7) is 14.2. The lowest BCUT2D eigenvalue weighted by Gasteiger charge is -2.36. The first kappa shape index (κ1) is 13.0. The van der Waals surface area contributed by atoms with E-state index in [4.69, 9.17) is 0 Å². The van der Waals surface area contributed by atoms with Crippen LogP contribution in [0.1, 0.15) is 73.6 Å². The van der Waals surface area contributed by atoms with Crippen LogP contribution in [0.25, 0.3) is 0 Å². The van der Waals surface area contributed by atoms with Crippen LogP contribution in [-0.2, 0) is 0 Å². The van der Waals surface area contributed by atoms with Crippen LogP contribution < -0.4 is 0 Å². The van der Waals surface area contributed by atoms with Gasteiger partial charge in [-0.2, -0.15) is 0 Å². The van der Waals surface area contributed by atoms with Crippen molar-refractivity contribution < 1.29 is 0 Å². The van der Waals surface area contributed by atoms with Gasteiger partial charge in [-0.3, -0.25) is 0 Å². The van der Waals surface area contributed by atoms with Crippen LogP contribution in [0.2, 0.25) is 0 Å². The van der Waals surface area contributed by atoms with Gasteiger partial charge < -0.3 is 0 Å². The molecule has 0 rings (SSSR count). The number of hydrogen-bond donors (Lipinski definition) is 0.